The molecule has 3 heterocycles. The van der Waals surface area contributed by atoms with Crippen molar-refractivity contribution < 1.29 is 9.18 Å². The van der Waals surface area contributed by atoms with Crippen LogP contribution in [0.2, 0.25) is 0 Å². The standard InChI is InChI=1S/C21H23FN6O/c22-17-10-24-21(26-19(17)23)27-11-15-8-14(9-16(15)12-27)20(29)28-18(6-7-25-28)13-4-2-1-3-5-13/h1-5,7,10,14-16,18H,6,8-9,11-12H2,(H2,23,24,26)/t14?,15-,16+,18-/m0/s1. The monoisotopic (exact) mass is 394 g/mol. The molecule has 1 saturated heterocycles. The van der Waals surface area contributed by atoms with Crippen LogP contribution in [0, 0.1) is 23.6 Å². The molecule has 4 atom stereocenters. The predicted octanol–water partition coefficient (Wildman–Crippen LogP) is 2.62. The van der Waals surface area contributed by atoms with E-state index in [0.29, 0.717) is 17.8 Å². The van der Waals surface area contributed by atoms with Crippen molar-refractivity contribution in [1.29, 1.82) is 0 Å². The number of nitrogens with two attached hydrogens (primary N) is 1. The van der Waals surface area contributed by atoms with Gasteiger partial charge in [-0.1, -0.05) is 30.3 Å². The van der Waals surface area contributed by atoms with E-state index in [-0.39, 0.29) is 23.7 Å². The van der Waals surface area contributed by atoms with Crippen LogP contribution in [0.3, 0.4) is 0 Å². The number of anilines is 2. The van der Waals surface area contributed by atoms with Crippen molar-refractivity contribution in [2.45, 2.75) is 25.3 Å². The van der Waals surface area contributed by atoms with Crippen molar-refractivity contribution in [2.75, 3.05) is 23.7 Å². The summed E-state index contributed by atoms with van der Waals surface area (Å²) in [7, 11) is 0. The first kappa shape index (κ1) is 18.0. The summed E-state index contributed by atoms with van der Waals surface area (Å²) >= 11 is 0. The lowest BCUT2D eigenvalue weighted by Crippen LogP contribution is -2.33. The molecule has 5 rings (SSSR count). The van der Waals surface area contributed by atoms with Gasteiger partial charge in [0, 0.05) is 31.6 Å². The van der Waals surface area contributed by atoms with Gasteiger partial charge in [0.25, 0.3) is 0 Å². The second-order valence-corrected chi connectivity index (χ2v) is 8.14. The summed E-state index contributed by atoms with van der Waals surface area (Å²) in [5, 5.41) is 6.07. The van der Waals surface area contributed by atoms with Gasteiger partial charge < -0.3 is 10.6 Å². The minimum atomic E-state index is -0.599. The third kappa shape index (κ3) is 3.22. The van der Waals surface area contributed by atoms with Crippen LogP contribution in [0.4, 0.5) is 16.2 Å². The quantitative estimate of drug-likeness (QED) is 0.865. The minimum absolute atomic E-state index is 0.00349. The molecule has 1 aliphatic carbocycles. The second kappa shape index (κ2) is 7.09. The van der Waals surface area contributed by atoms with E-state index in [0.717, 1.165) is 44.1 Å². The highest BCUT2D eigenvalue weighted by molar-refractivity contribution is 5.82. The molecular formula is C21H23FN6O. The average Bonchev–Trinajstić information content (AvgIpc) is 3.45. The Bertz CT molecular complexity index is 937. The molecule has 3 aliphatic rings. The minimum Gasteiger partial charge on any atom is -0.381 e. The fourth-order valence-corrected chi connectivity index (χ4v) is 4.95. The number of halogens is 1. The van der Waals surface area contributed by atoms with Crippen molar-refractivity contribution in [1.82, 2.24) is 15.0 Å². The Hall–Kier alpha value is -3.03. The van der Waals surface area contributed by atoms with Crippen LogP contribution in [-0.4, -0.2) is 40.2 Å². The van der Waals surface area contributed by atoms with E-state index in [9.17, 15) is 9.18 Å². The maximum absolute atomic E-state index is 13.3. The van der Waals surface area contributed by atoms with Crippen molar-refractivity contribution in [3.05, 3.63) is 47.9 Å². The fourth-order valence-electron chi connectivity index (χ4n) is 4.95. The lowest BCUT2D eigenvalue weighted by molar-refractivity contribution is -0.137. The van der Waals surface area contributed by atoms with Gasteiger partial charge in [-0.2, -0.15) is 10.1 Å². The summed E-state index contributed by atoms with van der Waals surface area (Å²) in [4.78, 5) is 23.4. The van der Waals surface area contributed by atoms with Gasteiger partial charge in [0.15, 0.2) is 11.6 Å². The molecule has 7 nitrogen and oxygen atoms in total. The summed E-state index contributed by atoms with van der Waals surface area (Å²) in [5.74, 6) is 0.663. The number of carbonyl (C=O) groups is 1. The van der Waals surface area contributed by atoms with Gasteiger partial charge >= 0.3 is 0 Å². The number of carbonyl (C=O) groups excluding carboxylic acids is 1. The number of hydrogen-bond acceptors (Lipinski definition) is 6. The van der Waals surface area contributed by atoms with E-state index < -0.39 is 5.82 Å². The summed E-state index contributed by atoms with van der Waals surface area (Å²) in [5.41, 5.74) is 6.70. The number of rotatable bonds is 3. The van der Waals surface area contributed by atoms with Crippen LogP contribution >= 0.6 is 0 Å². The average molecular weight is 394 g/mol. The zero-order valence-corrected chi connectivity index (χ0v) is 16.0. The Labute approximate surface area is 168 Å². The van der Waals surface area contributed by atoms with Crippen LogP contribution in [0.5, 0.6) is 0 Å². The van der Waals surface area contributed by atoms with Gasteiger partial charge in [-0.3, -0.25) is 4.79 Å². The van der Waals surface area contributed by atoms with Gasteiger partial charge in [0.1, 0.15) is 0 Å². The summed E-state index contributed by atoms with van der Waals surface area (Å²) < 4.78 is 13.3. The number of nitrogens with zero attached hydrogens (tertiary/aromatic N) is 5. The molecule has 2 aliphatic heterocycles. The Morgan fingerprint density at radius 1 is 1.14 bits per heavy atom. The molecule has 8 heteroatoms. The van der Waals surface area contributed by atoms with Gasteiger partial charge in [-0.25, -0.2) is 14.4 Å². The molecule has 2 aromatic rings. The molecule has 0 radical (unpaired) electrons. The SMILES string of the molecule is Nc1nc(N2C[C@H]3CC(C(=O)N4N=CC[C@H]4c4ccccc4)C[C@H]3C2)ncc1F. The number of hydrogen-bond donors (Lipinski definition) is 1. The highest BCUT2D eigenvalue weighted by atomic mass is 19.1. The molecule has 1 unspecified atom stereocenters. The van der Waals surface area contributed by atoms with Gasteiger partial charge in [-0.05, 0) is 30.2 Å². The number of hydrazone groups is 1. The molecule has 1 amide bonds. The maximum Gasteiger partial charge on any atom is 0.246 e. The molecule has 29 heavy (non-hydrogen) atoms. The Morgan fingerprint density at radius 2 is 1.86 bits per heavy atom. The van der Waals surface area contributed by atoms with Crippen LogP contribution in [0.25, 0.3) is 0 Å². The van der Waals surface area contributed by atoms with Crippen molar-refractivity contribution in [3.63, 3.8) is 0 Å². The Balaban J connectivity index is 1.25. The van der Waals surface area contributed by atoms with Crippen molar-refractivity contribution in [2.24, 2.45) is 22.9 Å². The van der Waals surface area contributed by atoms with Crippen molar-refractivity contribution >= 4 is 23.9 Å². The number of fused-ring (bicyclic) bond motifs is 1. The summed E-state index contributed by atoms with van der Waals surface area (Å²) in [6.07, 6.45) is 5.39. The summed E-state index contributed by atoms with van der Waals surface area (Å²) in [6, 6.07) is 10.1. The van der Waals surface area contributed by atoms with Crippen LogP contribution in [-0.2, 0) is 4.79 Å². The molecule has 1 aromatic carbocycles. The van der Waals surface area contributed by atoms with Crippen LogP contribution in [0.1, 0.15) is 30.9 Å². The fraction of sp³-hybridized carbons (Fsp3) is 0.429. The topological polar surface area (TPSA) is 87.7 Å². The molecule has 2 N–H and O–H groups in total. The number of amides is 1. The molecule has 0 spiro atoms. The van der Waals surface area contributed by atoms with Crippen LogP contribution in [0.15, 0.2) is 41.6 Å². The molecule has 150 valence electrons. The van der Waals surface area contributed by atoms with E-state index in [1.54, 1.807) is 5.01 Å². The normalized spacial score (nSPS) is 28.2. The Morgan fingerprint density at radius 3 is 2.55 bits per heavy atom. The highest BCUT2D eigenvalue weighted by Crippen LogP contribution is 2.44. The maximum atomic E-state index is 13.3. The van der Waals surface area contributed by atoms with E-state index in [1.165, 1.54) is 0 Å². The highest BCUT2D eigenvalue weighted by Gasteiger charge is 2.46. The molecule has 1 aromatic heterocycles. The molecule has 0 bridgehead atoms. The van der Waals surface area contributed by atoms with Crippen molar-refractivity contribution in [3.8, 4) is 0 Å². The van der Waals surface area contributed by atoms with Crippen LogP contribution < -0.4 is 10.6 Å². The predicted molar refractivity (Wildman–Crippen MR) is 107 cm³/mol. The molecular weight excluding hydrogens is 371 g/mol. The lowest BCUT2D eigenvalue weighted by atomic mass is 10.0. The largest absolute Gasteiger partial charge is 0.381 e. The zero-order chi connectivity index (χ0) is 20.0. The Kier molecular flexibility index (Phi) is 4.41. The van der Waals surface area contributed by atoms with E-state index in [2.05, 4.69) is 27.2 Å². The molecule has 2 fully saturated rings. The molecule has 1 saturated carbocycles. The van der Waals surface area contributed by atoms with E-state index in [4.69, 9.17) is 5.73 Å². The first-order valence-corrected chi connectivity index (χ1v) is 10.0. The second-order valence-electron chi connectivity index (χ2n) is 8.14. The third-order valence-corrected chi connectivity index (χ3v) is 6.38. The lowest BCUT2D eigenvalue weighted by Gasteiger charge is -2.26. The van der Waals surface area contributed by atoms with E-state index in [1.807, 2.05) is 29.3 Å². The van der Waals surface area contributed by atoms with E-state index >= 15 is 0 Å². The third-order valence-electron chi connectivity index (χ3n) is 6.38. The number of nitrogen functional groups attached to an aromatic ring is 1. The first-order chi connectivity index (χ1) is 14.1. The van der Waals surface area contributed by atoms with Gasteiger partial charge in [0.2, 0.25) is 11.9 Å². The summed E-state index contributed by atoms with van der Waals surface area (Å²) in [6.45, 7) is 1.54. The smallest absolute Gasteiger partial charge is 0.246 e. The number of aromatic nitrogens is 2. The zero-order valence-electron chi connectivity index (χ0n) is 16.0. The van der Waals surface area contributed by atoms with Gasteiger partial charge in [0.05, 0.1) is 12.2 Å². The number of benzene rings is 1. The van der Waals surface area contributed by atoms with Gasteiger partial charge in [-0.15, -0.1) is 0 Å². The first-order valence-electron chi connectivity index (χ1n) is 10.0.